The van der Waals surface area contributed by atoms with Crippen LogP contribution in [-0.4, -0.2) is 22.7 Å². The van der Waals surface area contributed by atoms with Crippen LogP contribution >= 0.6 is 0 Å². The lowest BCUT2D eigenvalue weighted by atomic mass is 9.96. The number of para-hydroxylation sites is 1. The maximum atomic E-state index is 12.0. The minimum Gasteiger partial charge on any atom is -0.361 e. The molecule has 1 aliphatic rings. The van der Waals surface area contributed by atoms with Gasteiger partial charge in [0.2, 0.25) is 5.91 Å². The zero-order chi connectivity index (χ0) is 13.4. The van der Waals surface area contributed by atoms with Crippen LogP contribution in [0.15, 0.2) is 36.5 Å². The van der Waals surface area contributed by atoms with E-state index in [1.54, 1.807) is 9.58 Å². The molecule has 0 saturated carbocycles. The zero-order valence-corrected chi connectivity index (χ0v) is 11.0. The van der Waals surface area contributed by atoms with Crippen molar-refractivity contribution >= 4 is 17.4 Å². The highest BCUT2D eigenvalue weighted by atomic mass is 16.2. The lowest BCUT2D eigenvalue weighted by molar-refractivity contribution is -0.118. The highest BCUT2D eigenvalue weighted by molar-refractivity contribution is 5.96. The topological polar surface area (TPSA) is 50.2 Å². The highest BCUT2D eigenvalue weighted by Crippen LogP contribution is 2.35. The second-order valence-corrected chi connectivity index (χ2v) is 4.79. The lowest BCUT2D eigenvalue weighted by Gasteiger charge is -2.32. The summed E-state index contributed by atoms with van der Waals surface area (Å²) >= 11 is 0. The Morgan fingerprint density at radius 2 is 2.05 bits per heavy atom. The van der Waals surface area contributed by atoms with Crippen LogP contribution < -0.4 is 10.2 Å². The number of amides is 1. The first-order valence-corrected chi connectivity index (χ1v) is 6.27. The number of anilines is 2. The summed E-state index contributed by atoms with van der Waals surface area (Å²) in [7, 11) is 3.69. The summed E-state index contributed by atoms with van der Waals surface area (Å²) in [6.07, 6.45) is 2.33. The fraction of sp³-hybridized carbons (Fsp3) is 0.286. The molecule has 1 atom stereocenters. The molecule has 1 aromatic heterocycles. The van der Waals surface area contributed by atoms with Crippen molar-refractivity contribution < 1.29 is 4.79 Å². The monoisotopic (exact) mass is 256 g/mol. The van der Waals surface area contributed by atoms with E-state index in [0.29, 0.717) is 6.42 Å². The molecule has 2 heterocycles. The van der Waals surface area contributed by atoms with Gasteiger partial charge in [-0.15, -0.1) is 0 Å². The number of aryl methyl sites for hydroxylation is 1. The van der Waals surface area contributed by atoms with Gasteiger partial charge in [0.1, 0.15) is 5.82 Å². The number of hydrogen-bond donors (Lipinski definition) is 1. The molecule has 0 spiro atoms. The third kappa shape index (κ3) is 2.07. The summed E-state index contributed by atoms with van der Waals surface area (Å²) < 4.78 is 1.74. The molecule has 1 aromatic carbocycles. The summed E-state index contributed by atoms with van der Waals surface area (Å²) in [6.45, 7) is 0. The van der Waals surface area contributed by atoms with Crippen molar-refractivity contribution in [2.45, 2.75) is 12.5 Å². The van der Waals surface area contributed by atoms with E-state index in [0.717, 1.165) is 17.1 Å². The number of aromatic nitrogens is 2. The van der Waals surface area contributed by atoms with Gasteiger partial charge in [-0.25, -0.2) is 0 Å². The molecule has 1 N–H and O–H groups in total. The average Bonchev–Trinajstić information content (AvgIpc) is 2.81. The first kappa shape index (κ1) is 11.8. The average molecular weight is 256 g/mol. The van der Waals surface area contributed by atoms with Crippen LogP contribution in [0.1, 0.15) is 18.0 Å². The third-order valence-electron chi connectivity index (χ3n) is 3.46. The molecule has 0 aliphatic carbocycles. The molecule has 98 valence electrons. The van der Waals surface area contributed by atoms with Gasteiger partial charge >= 0.3 is 0 Å². The SMILES string of the molecule is CN1C(=O)CC(Nc2ccn(C)n2)c2ccccc21. The molecule has 0 saturated heterocycles. The maximum Gasteiger partial charge on any atom is 0.229 e. The molecule has 2 aromatic rings. The summed E-state index contributed by atoms with van der Waals surface area (Å²) in [4.78, 5) is 13.7. The minimum absolute atomic E-state index is 0.0187. The fourth-order valence-corrected chi connectivity index (χ4v) is 2.44. The first-order chi connectivity index (χ1) is 9.15. The minimum atomic E-state index is -0.0187. The van der Waals surface area contributed by atoms with Crippen LogP contribution in [0.3, 0.4) is 0 Å². The van der Waals surface area contributed by atoms with E-state index >= 15 is 0 Å². The molecule has 1 unspecified atom stereocenters. The lowest BCUT2D eigenvalue weighted by Crippen LogP contribution is -2.35. The van der Waals surface area contributed by atoms with Gasteiger partial charge < -0.3 is 10.2 Å². The van der Waals surface area contributed by atoms with Crippen LogP contribution in [0.25, 0.3) is 0 Å². The molecule has 1 amide bonds. The summed E-state index contributed by atoms with van der Waals surface area (Å²) in [5.74, 6) is 0.909. The maximum absolute atomic E-state index is 12.0. The number of nitrogens with zero attached hydrogens (tertiary/aromatic N) is 3. The fourth-order valence-electron chi connectivity index (χ4n) is 2.44. The molecular formula is C14H16N4O. The van der Waals surface area contributed by atoms with Gasteiger partial charge in [0.05, 0.1) is 12.5 Å². The van der Waals surface area contributed by atoms with Crippen LogP contribution in [0, 0.1) is 0 Å². The number of fused-ring (bicyclic) bond motifs is 1. The van der Waals surface area contributed by atoms with Crippen molar-refractivity contribution in [3.63, 3.8) is 0 Å². The van der Waals surface area contributed by atoms with Crippen molar-refractivity contribution in [2.75, 3.05) is 17.3 Å². The molecule has 19 heavy (non-hydrogen) atoms. The second kappa shape index (κ2) is 4.42. The van der Waals surface area contributed by atoms with E-state index in [2.05, 4.69) is 16.5 Å². The molecule has 1 aliphatic heterocycles. The number of carbonyl (C=O) groups excluding carboxylic acids is 1. The molecule has 0 fully saturated rings. The zero-order valence-electron chi connectivity index (χ0n) is 11.0. The Hall–Kier alpha value is -2.30. The van der Waals surface area contributed by atoms with E-state index in [4.69, 9.17) is 0 Å². The summed E-state index contributed by atoms with van der Waals surface area (Å²) in [6, 6.07) is 9.86. The van der Waals surface area contributed by atoms with Crippen molar-refractivity contribution in [2.24, 2.45) is 7.05 Å². The van der Waals surface area contributed by atoms with E-state index in [1.165, 1.54) is 0 Å². The second-order valence-electron chi connectivity index (χ2n) is 4.79. The van der Waals surface area contributed by atoms with Gasteiger partial charge in [-0.2, -0.15) is 5.10 Å². The van der Waals surface area contributed by atoms with E-state index < -0.39 is 0 Å². The number of nitrogens with one attached hydrogen (secondary N) is 1. The van der Waals surface area contributed by atoms with E-state index in [9.17, 15) is 4.79 Å². The Balaban J connectivity index is 1.94. The van der Waals surface area contributed by atoms with Gasteiger partial charge in [-0.1, -0.05) is 18.2 Å². The van der Waals surface area contributed by atoms with Gasteiger partial charge in [-0.3, -0.25) is 9.48 Å². The normalized spacial score (nSPS) is 18.3. The number of benzene rings is 1. The third-order valence-corrected chi connectivity index (χ3v) is 3.46. The highest BCUT2D eigenvalue weighted by Gasteiger charge is 2.28. The van der Waals surface area contributed by atoms with E-state index in [-0.39, 0.29) is 11.9 Å². The van der Waals surface area contributed by atoms with Gasteiger partial charge in [-0.05, 0) is 11.6 Å². The molecule has 5 heteroatoms. The molecule has 0 bridgehead atoms. The number of carbonyl (C=O) groups is 1. The smallest absolute Gasteiger partial charge is 0.229 e. The van der Waals surface area contributed by atoms with Crippen LogP contribution in [0.2, 0.25) is 0 Å². The largest absolute Gasteiger partial charge is 0.361 e. The molecule has 0 radical (unpaired) electrons. The van der Waals surface area contributed by atoms with E-state index in [1.807, 2.05) is 44.6 Å². The quantitative estimate of drug-likeness (QED) is 0.893. The Bertz CT molecular complexity index is 619. The van der Waals surface area contributed by atoms with Crippen LogP contribution in [0.4, 0.5) is 11.5 Å². The van der Waals surface area contributed by atoms with Crippen molar-refractivity contribution in [3.05, 3.63) is 42.1 Å². The Kier molecular flexibility index (Phi) is 2.74. The van der Waals surface area contributed by atoms with Crippen LogP contribution in [0.5, 0.6) is 0 Å². The van der Waals surface area contributed by atoms with Crippen molar-refractivity contribution in [1.82, 2.24) is 9.78 Å². The van der Waals surface area contributed by atoms with Gasteiger partial charge in [0, 0.05) is 32.0 Å². The van der Waals surface area contributed by atoms with Gasteiger partial charge in [0.15, 0.2) is 0 Å². The number of rotatable bonds is 2. The van der Waals surface area contributed by atoms with Crippen LogP contribution in [-0.2, 0) is 11.8 Å². The molecular weight excluding hydrogens is 240 g/mol. The number of hydrogen-bond acceptors (Lipinski definition) is 3. The summed E-state index contributed by atoms with van der Waals surface area (Å²) in [5, 5.41) is 7.63. The first-order valence-electron chi connectivity index (χ1n) is 6.27. The predicted octanol–water partition coefficient (Wildman–Crippen LogP) is 1.94. The van der Waals surface area contributed by atoms with Crippen molar-refractivity contribution in [3.8, 4) is 0 Å². The Labute approximate surface area is 111 Å². The molecule has 5 nitrogen and oxygen atoms in total. The summed E-state index contributed by atoms with van der Waals surface area (Å²) in [5.41, 5.74) is 2.10. The Morgan fingerprint density at radius 1 is 1.26 bits per heavy atom. The Morgan fingerprint density at radius 3 is 2.79 bits per heavy atom. The standard InChI is InChI=1S/C14H16N4O/c1-17-8-7-13(16-17)15-11-9-14(19)18(2)12-6-4-3-5-10(11)12/h3-8,11H,9H2,1-2H3,(H,15,16). The van der Waals surface area contributed by atoms with Gasteiger partial charge in [0.25, 0.3) is 0 Å². The molecule has 3 rings (SSSR count). The van der Waals surface area contributed by atoms with Crippen molar-refractivity contribution in [1.29, 1.82) is 0 Å². The predicted molar refractivity (Wildman–Crippen MR) is 74.0 cm³/mol.